The molecule has 0 aromatic heterocycles. The molecule has 1 heterocycles. The Morgan fingerprint density at radius 1 is 1.06 bits per heavy atom. The first-order valence-electron chi connectivity index (χ1n) is 11.6. The van der Waals surface area contributed by atoms with Crippen molar-refractivity contribution in [1.82, 2.24) is 10.6 Å². The lowest BCUT2D eigenvalue weighted by Crippen LogP contribution is -2.62. The fourth-order valence-electron chi connectivity index (χ4n) is 3.95. The van der Waals surface area contributed by atoms with Gasteiger partial charge in [0.2, 0.25) is 0 Å². The molecule has 0 saturated carbocycles. The van der Waals surface area contributed by atoms with E-state index in [2.05, 4.69) is 17.6 Å². The molecule has 7 nitrogen and oxygen atoms in total. The van der Waals surface area contributed by atoms with Gasteiger partial charge in [0.1, 0.15) is 0 Å². The molecule has 1 aromatic rings. The van der Waals surface area contributed by atoms with Gasteiger partial charge in [0.25, 0.3) is 17.4 Å². The molecule has 1 aliphatic heterocycles. The van der Waals surface area contributed by atoms with Gasteiger partial charge in [0.15, 0.2) is 0 Å². The SMILES string of the molecule is CCCCCCC(OC(=O)NC)(C(=O)NCCCC)C(=O)N1CCCc2ccccc21. The quantitative estimate of drug-likeness (QED) is 0.410. The third-order valence-corrected chi connectivity index (χ3v) is 5.74. The van der Waals surface area contributed by atoms with Gasteiger partial charge in [-0.3, -0.25) is 9.59 Å². The smallest absolute Gasteiger partial charge is 0.408 e. The molecule has 7 heteroatoms. The van der Waals surface area contributed by atoms with E-state index in [4.69, 9.17) is 4.74 Å². The number of fused-ring (bicyclic) bond motifs is 1. The summed E-state index contributed by atoms with van der Waals surface area (Å²) in [4.78, 5) is 41.2. The number of carbonyl (C=O) groups is 3. The van der Waals surface area contributed by atoms with Crippen molar-refractivity contribution in [2.24, 2.45) is 0 Å². The minimum absolute atomic E-state index is 0.163. The summed E-state index contributed by atoms with van der Waals surface area (Å²) in [6.45, 7) is 5.06. The van der Waals surface area contributed by atoms with Gasteiger partial charge in [0, 0.05) is 32.2 Å². The van der Waals surface area contributed by atoms with Crippen molar-refractivity contribution in [3.8, 4) is 0 Å². The van der Waals surface area contributed by atoms with E-state index in [0.29, 0.717) is 19.5 Å². The normalized spacial score (nSPS) is 14.9. The van der Waals surface area contributed by atoms with Crippen molar-refractivity contribution in [2.75, 3.05) is 25.0 Å². The van der Waals surface area contributed by atoms with Crippen LogP contribution in [-0.4, -0.2) is 43.6 Å². The standard InChI is InChI=1S/C24H37N3O4/c1-4-6-8-11-16-24(31-23(30)25-3,21(28)26-17-7-5-2)22(29)27-18-12-14-19-13-9-10-15-20(19)27/h9-10,13,15H,4-8,11-12,14,16-18H2,1-3H3,(H,25,30)(H,26,28). The number of amides is 3. The van der Waals surface area contributed by atoms with E-state index in [1.54, 1.807) is 4.90 Å². The highest BCUT2D eigenvalue weighted by molar-refractivity contribution is 6.16. The van der Waals surface area contributed by atoms with E-state index < -0.39 is 23.5 Å². The molecule has 1 aliphatic rings. The number of hydrogen-bond acceptors (Lipinski definition) is 4. The summed E-state index contributed by atoms with van der Waals surface area (Å²) < 4.78 is 5.64. The molecule has 31 heavy (non-hydrogen) atoms. The largest absolute Gasteiger partial charge is 0.422 e. The minimum atomic E-state index is -1.88. The van der Waals surface area contributed by atoms with Gasteiger partial charge in [-0.1, -0.05) is 57.7 Å². The summed E-state index contributed by atoms with van der Waals surface area (Å²) in [6.07, 6.45) is 6.26. The van der Waals surface area contributed by atoms with Crippen molar-refractivity contribution in [3.63, 3.8) is 0 Å². The van der Waals surface area contributed by atoms with Crippen LogP contribution in [0.5, 0.6) is 0 Å². The Labute approximate surface area is 185 Å². The number of nitrogens with zero attached hydrogens (tertiary/aromatic N) is 1. The maximum atomic E-state index is 13.9. The Morgan fingerprint density at radius 3 is 2.52 bits per heavy atom. The number of anilines is 1. The molecule has 0 bridgehead atoms. The number of benzene rings is 1. The molecule has 172 valence electrons. The number of ether oxygens (including phenoxy) is 1. The first-order valence-corrected chi connectivity index (χ1v) is 11.6. The van der Waals surface area contributed by atoms with Crippen LogP contribution in [0.15, 0.2) is 24.3 Å². The van der Waals surface area contributed by atoms with Crippen LogP contribution in [0.4, 0.5) is 10.5 Å². The van der Waals surface area contributed by atoms with Crippen LogP contribution in [0.1, 0.15) is 70.8 Å². The van der Waals surface area contributed by atoms with Crippen molar-refractivity contribution < 1.29 is 19.1 Å². The van der Waals surface area contributed by atoms with Crippen LogP contribution in [0.3, 0.4) is 0 Å². The van der Waals surface area contributed by atoms with Crippen LogP contribution >= 0.6 is 0 Å². The number of nitrogens with one attached hydrogen (secondary N) is 2. The third kappa shape index (κ3) is 6.21. The fraction of sp³-hybridized carbons (Fsp3) is 0.625. The van der Waals surface area contributed by atoms with Crippen LogP contribution in [0.25, 0.3) is 0 Å². The Hall–Kier alpha value is -2.57. The van der Waals surface area contributed by atoms with E-state index in [1.807, 2.05) is 31.2 Å². The van der Waals surface area contributed by atoms with Crippen molar-refractivity contribution in [1.29, 1.82) is 0 Å². The average molecular weight is 432 g/mol. The van der Waals surface area contributed by atoms with Gasteiger partial charge in [-0.15, -0.1) is 0 Å². The van der Waals surface area contributed by atoms with Gasteiger partial charge >= 0.3 is 6.09 Å². The number of alkyl carbamates (subject to hydrolysis) is 1. The summed E-state index contributed by atoms with van der Waals surface area (Å²) >= 11 is 0. The number of rotatable bonds is 11. The van der Waals surface area contributed by atoms with Crippen LogP contribution < -0.4 is 15.5 Å². The Morgan fingerprint density at radius 2 is 1.81 bits per heavy atom. The first kappa shape index (κ1) is 24.7. The highest BCUT2D eigenvalue weighted by Gasteiger charge is 2.52. The first-order chi connectivity index (χ1) is 15.0. The molecule has 3 amide bonds. The maximum Gasteiger partial charge on any atom is 0.408 e. The zero-order chi connectivity index (χ0) is 22.7. The molecule has 0 aliphatic carbocycles. The van der Waals surface area contributed by atoms with Gasteiger partial charge < -0.3 is 20.3 Å². The number of hydrogen-bond donors (Lipinski definition) is 2. The molecule has 2 N–H and O–H groups in total. The average Bonchev–Trinajstić information content (AvgIpc) is 2.80. The molecule has 0 spiro atoms. The van der Waals surface area contributed by atoms with E-state index in [9.17, 15) is 14.4 Å². The summed E-state index contributed by atoms with van der Waals surface area (Å²) in [5.74, 6) is -0.997. The summed E-state index contributed by atoms with van der Waals surface area (Å²) in [5.41, 5.74) is -0.0293. The van der Waals surface area contributed by atoms with Gasteiger partial charge in [-0.05, 0) is 37.3 Å². The Balaban J connectivity index is 2.42. The lowest BCUT2D eigenvalue weighted by atomic mass is 9.90. The van der Waals surface area contributed by atoms with Gasteiger partial charge in [-0.25, -0.2) is 4.79 Å². The van der Waals surface area contributed by atoms with Crippen LogP contribution in [0.2, 0.25) is 0 Å². The fourth-order valence-corrected chi connectivity index (χ4v) is 3.95. The lowest BCUT2D eigenvalue weighted by Gasteiger charge is -2.38. The van der Waals surface area contributed by atoms with Gasteiger partial charge in [-0.2, -0.15) is 0 Å². The number of unbranched alkanes of at least 4 members (excludes halogenated alkanes) is 4. The van der Waals surface area contributed by atoms with E-state index >= 15 is 0 Å². The molecular formula is C24H37N3O4. The van der Waals surface area contributed by atoms with E-state index in [0.717, 1.165) is 56.2 Å². The Bertz CT molecular complexity index is 752. The topological polar surface area (TPSA) is 87.7 Å². The molecular weight excluding hydrogens is 394 g/mol. The highest BCUT2D eigenvalue weighted by atomic mass is 16.6. The summed E-state index contributed by atoms with van der Waals surface area (Å²) in [7, 11) is 1.43. The second-order valence-corrected chi connectivity index (χ2v) is 8.08. The third-order valence-electron chi connectivity index (χ3n) is 5.74. The molecule has 2 rings (SSSR count). The number of para-hydroxylation sites is 1. The van der Waals surface area contributed by atoms with Crippen molar-refractivity contribution in [3.05, 3.63) is 29.8 Å². The van der Waals surface area contributed by atoms with E-state index in [1.165, 1.54) is 7.05 Å². The predicted octanol–water partition coefficient (Wildman–Crippen LogP) is 3.95. The minimum Gasteiger partial charge on any atom is -0.422 e. The maximum absolute atomic E-state index is 13.9. The molecule has 0 radical (unpaired) electrons. The van der Waals surface area contributed by atoms with Crippen molar-refractivity contribution in [2.45, 2.75) is 77.2 Å². The molecule has 0 fully saturated rings. The van der Waals surface area contributed by atoms with Crippen LogP contribution in [0, 0.1) is 0 Å². The Kier molecular flexibility index (Phi) is 9.82. The van der Waals surface area contributed by atoms with Crippen LogP contribution in [-0.2, 0) is 20.7 Å². The molecule has 1 unspecified atom stereocenters. The van der Waals surface area contributed by atoms with E-state index in [-0.39, 0.29) is 6.42 Å². The lowest BCUT2D eigenvalue weighted by molar-refractivity contribution is -0.153. The van der Waals surface area contributed by atoms with Gasteiger partial charge in [0.05, 0.1) is 0 Å². The zero-order valence-corrected chi connectivity index (χ0v) is 19.2. The molecule has 0 saturated heterocycles. The number of carbonyl (C=O) groups excluding carboxylic acids is 3. The summed E-state index contributed by atoms with van der Waals surface area (Å²) in [5, 5.41) is 5.26. The zero-order valence-electron chi connectivity index (χ0n) is 19.2. The molecule has 1 aromatic carbocycles. The predicted molar refractivity (Wildman–Crippen MR) is 122 cm³/mol. The second-order valence-electron chi connectivity index (χ2n) is 8.08. The molecule has 1 atom stereocenters. The van der Waals surface area contributed by atoms with Crippen molar-refractivity contribution >= 4 is 23.6 Å². The monoisotopic (exact) mass is 431 g/mol. The number of aryl methyl sites for hydroxylation is 1. The summed E-state index contributed by atoms with van der Waals surface area (Å²) in [6, 6.07) is 7.72. The highest BCUT2D eigenvalue weighted by Crippen LogP contribution is 2.32. The second kappa shape index (κ2) is 12.3.